The van der Waals surface area contributed by atoms with Crippen molar-refractivity contribution in [2.45, 2.75) is 6.42 Å². The molecule has 5 heteroatoms. The van der Waals surface area contributed by atoms with Crippen LogP contribution in [0.15, 0.2) is 36.4 Å². The first-order valence-electron chi connectivity index (χ1n) is 5.72. The van der Waals surface area contributed by atoms with E-state index in [1.807, 2.05) is 0 Å². The van der Waals surface area contributed by atoms with Gasteiger partial charge in [0.2, 0.25) is 5.82 Å². The van der Waals surface area contributed by atoms with E-state index in [9.17, 15) is 8.78 Å². The number of benzene rings is 2. The van der Waals surface area contributed by atoms with E-state index in [4.69, 9.17) is 22.1 Å². The van der Waals surface area contributed by atoms with Gasteiger partial charge in [-0.1, -0.05) is 23.7 Å². The Hall–Kier alpha value is -1.65. The van der Waals surface area contributed by atoms with Crippen molar-refractivity contribution < 1.29 is 13.5 Å². The van der Waals surface area contributed by atoms with Gasteiger partial charge < -0.3 is 10.5 Å². The lowest BCUT2D eigenvalue weighted by molar-refractivity contribution is 0.416. The molecule has 100 valence electrons. The number of ether oxygens (including phenoxy) is 1. The minimum atomic E-state index is -1.02. The van der Waals surface area contributed by atoms with Gasteiger partial charge in [0.15, 0.2) is 11.6 Å². The Morgan fingerprint density at radius 1 is 1.16 bits per heavy atom. The van der Waals surface area contributed by atoms with E-state index in [1.165, 1.54) is 12.1 Å². The Balaban J connectivity index is 2.24. The largest absolute Gasteiger partial charge is 0.454 e. The quantitative estimate of drug-likeness (QED) is 0.923. The zero-order chi connectivity index (χ0) is 13.8. The Morgan fingerprint density at radius 3 is 2.63 bits per heavy atom. The molecule has 0 aliphatic heterocycles. The maximum absolute atomic E-state index is 13.4. The summed E-state index contributed by atoms with van der Waals surface area (Å²) in [6, 6.07) is 8.69. The first-order chi connectivity index (χ1) is 9.11. The summed E-state index contributed by atoms with van der Waals surface area (Å²) in [7, 11) is 0. The monoisotopic (exact) mass is 283 g/mol. The zero-order valence-corrected chi connectivity index (χ0v) is 10.8. The van der Waals surface area contributed by atoms with Crippen LogP contribution >= 0.6 is 11.6 Å². The van der Waals surface area contributed by atoms with Crippen LogP contribution in [0, 0.1) is 11.6 Å². The van der Waals surface area contributed by atoms with Crippen molar-refractivity contribution in [3.8, 4) is 11.5 Å². The van der Waals surface area contributed by atoms with Crippen molar-refractivity contribution >= 4 is 11.6 Å². The molecule has 0 radical (unpaired) electrons. The lowest BCUT2D eigenvalue weighted by Gasteiger charge is -2.09. The van der Waals surface area contributed by atoms with Crippen molar-refractivity contribution in [2.24, 2.45) is 5.73 Å². The zero-order valence-electron chi connectivity index (χ0n) is 10.00. The number of rotatable bonds is 4. The Kier molecular flexibility index (Phi) is 4.35. The molecule has 0 saturated heterocycles. The van der Waals surface area contributed by atoms with E-state index in [2.05, 4.69) is 0 Å². The van der Waals surface area contributed by atoms with E-state index in [0.29, 0.717) is 23.7 Å². The lowest BCUT2D eigenvalue weighted by Crippen LogP contribution is -2.03. The van der Waals surface area contributed by atoms with E-state index < -0.39 is 11.6 Å². The molecule has 2 aromatic carbocycles. The average molecular weight is 284 g/mol. The second-order valence-electron chi connectivity index (χ2n) is 3.95. The van der Waals surface area contributed by atoms with Crippen LogP contribution in [0.1, 0.15) is 5.56 Å². The first-order valence-corrected chi connectivity index (χ1v) is 6.10. The molecular formula is C14H12ClF2NO. The normalized spacial score (nSPS) is 10.5. The number of hydrogen-bond donors (Lipinski definition) is 1. The molecular weight excluding hydrogens is 272 g/mol. The lowest BCUT2D eigenvalue weighted by atomic mass is 10.1. The van der Waals surface area contributed by atoms with E-state index in [0.717, 1.165) is 11.6 Å². The third-order valence-corrected chi connectivity index (χ3v) is 2.93. The third-order valence-electron chi connectivity index (χ3n) is 2.58. The van der Waals surface area contributed by atoms with Crippen LogP contribution in [-0.2, 0) is 6.42 Å². The molecule has 0 amide bonds. The Bertz CT molecular complexity index is 590. The molecule has 19 heavy (non-hydrogen) atoms. The first kappa shape index (κ1) is 13.8. The van der Waals surface area contributed by atoms with E-state index >= 15 is 0 Å². The second kappa shape index (κ2) is 5.99. The van der Waals surface area contributed by atoms with Gasteiger partial charge in [-0.15, -0.1) is 0 Å². The summed E-state index contributed by atoms with van der Waals surface area (Å²) in [5, 5.41) is 0.486. The van der Waals surface area contributed by atoms with Crippen LogP contribution in [0.4, 0.5) is 8.78 Å². The summed E-state index contributed by atoms with van der Waals surface area (Å²) < 4.78 is 31.7. The fourth-order valence-electron chi connectivity index (χ4n) is 1.64. The third kappa shape index (κ3) is 3.22. The van der Waals surface area contributed by atoms with Crippen molar-refractivity contribution in [1.29, 1.82) is 0 Å². The highest BCUT2D eigenvalue weighted by atomic mass is 35.5. The summed E-state index contributed by atoms with van der Waals surface area (Å²) >= 11 is 6.04. The average Bonchev–Trinajstić information content (AvgIpc) is 2.38. The summed E-state index contributed by atoms with van der Waals surface area (Å²) in [5.41, 5.74) is 6.33. The van der Waals surface area contributed by atoms with Crippen molar-refractivity contribution in [1.82, 2.24) is 0 Å². The highest BCUT2D eigenvalue weighted by molar-refractivity contribution is 6.31. The smallest absolute Gasteiger partial charge is 0.201 e. The molecule has 0 heterocycles. The van der Waals surface area contributed by atoms with Gasteiger partial charge in [0.1, 0.15) is 5.75 Å². The fourth-order valence-corrected chi connectivity index (χ4v) is 1.90. The van der Waals surface area contributed by atoms with E-state index in [-0.39, 0.29) is 5.75 Å². The summed E-state index contributed by atoms with van der Waals surface area (Å²) in [4.78, 5) is 0. The van der Waals surface area contributed by atoms with Crippen LogP contribution in [0.5, 0.6) is 11.5 Å². The van der Waals surface area contributed by atoms with Gasteiger partial charge in [-0.2, -0.15) is 4.39 Å². The van der Waals surface area contributed by atoms with Gasteiger partial charge in [-0.25, -0.2) is 4.39 Å². The van der Waals surface area contributed by atoms with Gasteiger partial charge in [0, 0.05) is 5.02 Å². The van der Waals surface area contributed by atoms with Crippen molar-refractivity contribution in [2.75, 3.05) is 6.54 Å². The van der Waals surface area contributed by atoms with Crippen LogP contribution in [0.3, 0.4) is 0 Å². The molecule has 0 aliphatic rings. The van der Waals surface area contributed by atoms with Crippen LogP contribution in [0.25, 0.3) is 0 Å². The molecule has 2 rings (SSSR count). The van der Waals surface area contributed by atoms with E-state index in [1.54, 1.807) is 18.2 Å². The SMILES string of the molecule is NCCc1ccc(Oc2cccc(F)c2F)cc1Cl. The highest BCUT2D eigenvalue weighted by Gasteiger charge is 2.10. The summed E-state index contributed by atoms with van der Waals surface area (Å²) in [6.07, 6.45) is 0.646. The molecule has 0 atom stereocenters. The van der Waals surface area contributed by atoms with Crippen LogP contribution in [0.2, 0.25) is 5.02 Å². The van der Waals surface area contributed by atoms with Crippen LogP contribution in [-0.4, -0.2) is 6.54 Å². The summed E-state index contributed by atoms with van der Waals surface area (Å²) in [6.45, 7) is 0.485. The molecule has 0 fully saturated rings. The van der Waals surface area contributed by atoms with Gasteiger partial charge >= 0.3 is 0 Å². The molecule has 2 nitrogen and oxygen atoms in total. The molecule has 0 aliphatic carbocycles. The fraction of sp³-hybridized carbons (Fsp3) is 0.143. The van der Waals surface area contributed by atoms with Gasteiger partial charge in [0.25, 0.3) is 0 Å². The van der Waals surface area contributed by atoms with Gasteiger partial charge in [-0.05, 0) is 42.8 Å². The maximum Gasteiger partial charge on any atom is 0.201 e. The summed E-state index contributed by atoms with van der Waals surface area (Å²) in [5.74, 6) is -1.81. The molecule has 2 aromatic rings. The predicted octanol–water partition coefficient (Wildman–Crippen LogP) is 3.91. The number of halogens is 3. The Morgan fingerprint density at radius 2 is 1.95 bits per heavy atom. The second-order valence-corrected chi connectivity index (χ2v) is 4.35. The Labute approximate surface area is 114 Å². The number of hydrogen-bond acceptors (Lipinski definition) is 2. The van der Waals surface area contributed by atoms with Crippen LogP contribution < -0.4 is 10.5 Å². The molecule has 0 spiro atoms. The standard InChI is InChI=1S/C14H12ClF2NO/c15-11-8-10(5-4-9(11)6-7-18)19-13-3-1-2-12(16)14(13)17/h1-5,8H,6-7,18H2. The molecule has 0 unspecified atom stereocenters. The molecule has 0 saturated carbocycles. The van der Waals surface area contributed by atoms with Crippen molar-refractivity contribution in [3.05, 3.63) is 58.6 Å². The molecule has 0 bridgehead atoms. The van der Waals surface area contributed by atoms with Gasteiger partial charge in [0.05, 0.1) is 0 Å². The van der Waals surface area contributed by atoms with Crippen molar-refractivity contribution in [3.63, 3.8) is 0 Å². The number of nitrogens with two attached hydrogens (primary N) is 1. The topological polar surface area (TPSA) is 35.2 Å². The highest BCUT2D eigenvalue weighted by Crippen LogP contribution is 2.29. The van der Waals surface area contributed by atoms with Gasteiger partial charge in [-0.3, -0.25) is 0 Å². The minimum Gasteiger partial charge on any atom is -0.454 e. The molecule has 2 N–H and O–H groups in total. The predicted molar refractivity (Wildman–Crippen MR) is 70.6 cm³/mol. The minimum absolute atomic E-state index is 0.178. The maximum atomic E-state index is 13.4. The molecule has 0 aromatic heterocycles.